The third-order valence-corrected chi connectivity index (χ3v) is 3.31. The van der Waals surface area contributed by atoms with Gasteiger partial charge in [0.25, 0.3) is 0 Å². The standard InChI is InChI=1S/C15H14O2/c1-9-12-8-15(2,3)17-14(12)11-7-5-4-6-10(11)13(9)16/h4-7H,1,8H2,2-3H3. The predicted octanol–water partition coefficient (Wildman–Crippen LogP) is 3.35. The number of rotatable bonds is 0. The molecule has 1 aliphatic carbocycles. The quantitative estimate of drug-likeness (QED) is 0.634. The van der Waals surface area contributed by atoms with Gasteiger partial charge in [0.05, 0.1) is 0 Å². The second-order valence-electron chi connectivity index (χ2n) is 5.20. The van der Waals surface area contributed by atoms with Crippen LogP contribution in [0.2, 0.25) is 0 Å². The van der Waals surface area contributed by atoms with E-state index in [1.807, 2.05) is 38.1 Å². The van der Waals surface area contributed by atoms with Crippen LogP contribution in [0, 0.1) is 0 Å². The number of ether oxygens (including phenoxy) is 1. The van der Waals surface area contributed by atoms with Crippen LogP contribution in [0.3, 0.4) is 0 Å². The summed E-state index contributed by atoms with van der Waals surface area (Å²) in [5.41, 5.74) is 2.92. The Kier molecular flexibility index (Phi) is 1.88. The first-order valence-corrected chi connectivity index (χ1v) is 5.75. The van der Waals surface area contributed by atoms with Gasteiger partial charge >= 0.3 is 0 Å². The number of benzene rings is 1. The molecule has 0 spiro atoms. The average molecular weight is 226 g/mol. The Balaban J connectivity index is 2.24. The zero-order chi connectivity index (χ0) is 12.2. The number of allylic oxidation sites excluding steroid dienone is 1. The molecule has 0 fully saturated rings. The van der Waals surface area contributed by atoms with E-state index in [0.717, 1.165) is 23.3 Å². The van der Waals surface area contributed by atoms with Gasteiger partial charge in [0.2, 0.25) is 0 Å². The van der Waals surface area contributed by atoms with Crippen molar-refractivity contribution in [3.05, 3.63) is 53.1 Å². The molecule has 0 atom stereocenters. The number of hydrogen-bond donors (Lipinski definition) is 0. The average Bonchev–Trinajstić information content (AvgIpc) is 2.62. The Hall–Kier alpha value is -1.83. The largest absolute Gasteiger partial charge is 0.487 e. The predicted molar refractivity (Wildman–Crippen MR) is 66.6 cm³/mol. The van der Waals surface area contributed by atoms with Crippen LogP contribution in [0.1, 0.15) is 36.2 Å². The van der Waals surface area contributed by atoms with Crippen LogP contribution < -0.4 is 0 Å². The molecule has 1 aromatic rings. The van der Waals surface area contributed by atoms with Crippen molar-refractivity contribution in [1.29, 1.82) is 0 Å². The Morgan fingerprint density at radius 2 is 1.88 bits per heavy atom. The van der Waals surface area contributed by atoms with E-state index in [-0.39, 0.29) is 11.4 Å². The number of carbonyl (C=O) groups excluding carboxylic acids is 1. The van der Waals surface area contributed by atoms with Crippen molar-refractivity contribution in [2.45, 2.75) is 25.9 Å². The van der Waals surface area contributed by atoms with Crippen LogP contribution in [-0.4, -0.2) is 11.4 Å². The topological polar surface area (TPSA) is 26.3 Å². The summed E-state index contributed by atoms with van der Waals surface area (Å²) in [6.07, 6.45) is 0.751. The fourth-order valence-corrected chi connectivity index (χ4v) is 2.52. The minimum absolute atomic E-state index is 0.0284. The highest BCUT2D eigenvalue weighted by Crippen LogP contribution is 2.46. The highest BCUT2D eigenvalue weighted by molar-refractivity contribution is 6.17. The van der Waals surface area contributed by atoms with Crippen molar-refractivity contribution in [2.75, 3.05) is 0 Å². The van der Waals surface area contributed by atoms with Gasteiger partial charge in [0.15, 0.2) is 5.78 Å². The monoisotopic (exact) mass is 226 g/mol. The van der Waals surface area contributed by atoms with Crippen LogP contribution in [-0.2, 0) is 4.74 Å². The van der Waals surface area contributed by atoms with E-state index in [1.165, 1.54) is 0 Å². The van der Waals surface area contributed by atoms with Crippen LogP contribution in [0.4, 0.5) is 0 Å². The SMILES string of the molecule is C=C1C(=O)c2ccccc2C2=C1CC(C)(C)O2. The maximum atomic E-state index is 12.2. The first-order valence-electron chi connectivity index (χ1n) is 5.75. The molecule has 0 unspecified atom stereocenters. The minimum atomic E-state index is -0.245. The molecule has 0 N–H and O–H groups in total. The normalized spacial score (nSPS) is 21.1. The van der Waals surface area contributed by atoms with E-state index < -0.39 is 0 Å². The van der Waals surface area contributed by atoms with E-state index in [0.29, 0.717) is 11.1 Å². The van der Waals surface area contributed by atoms with Crippen molar-refractivity contribution in [3.63, 3.8) is 0 Å². The molecule has 0 radical (unpaired) electrons. The summed E-state index contributed by atoms with van der Waals surface area (Å²) in [6, 6.07) is 7.58. The van der Waals surface area contributed by atoms with Crippen molar-refractivity contribution in [3.8, 4) is 0 Å². The van der Waals surface area contributed by atoms with Crippen molar-refractivity contribution >= 4 is 11.5 Å². The lowest BCUT2D eigenvalue weighted by Gasteiger charge is -2.20. The summed E-state index contributed by atoms with van der Waals surface area (Å²) in [5, 5.41) is 0. The molecule has 3 rings (SSSR count). The third kappa shape index (κ3) is 1.37. The van der Waals surface area contributed by atoms with Gasteiger partial charge in [-0.2, -0.15) is 0 Å². The summed E-state index contributed by atoms with van der Waals surface area (Å²) in [6.45, 7) is 7.98. The van der Waals surface area contributed by atoms with Gasteiger partial charge in [-0.3, -0.25) is 4.79 Å². The fourth-order valence-electron chi connectivity index (χ4n) is 2.52. The zero-order valence-corrected chi connectivity index (χ0v) is 10.0. The van der Waals surface area contributed by atoms with Crippen LogP contribution in [0.15, 0.2) is 42.0 Å². The van der Waals surface area contributed by atoms with Crippen LogP contribution >= 0.6 is 0 Å². The van der Waals surface area contributed by atoms with Crippen molar-refractivity contribution < 1.29 is 9.53 Å². The first kappa shape index (κ1) is 10.3. The van der Waals surface area contributed by atoms with Gasteiger partial charge in [0, 0.05) is 28.7 Å². The van der Waals surface area contributed by atoms with E-state index in [1.54, 1.807) is 0 Å². The smallest absolute Gasteiger partial charge is 0.193 e. The Labute approximate surface area is 101 Å². The lowest BCUT2D eigenvalue weighted by molar-refractivity contribution is 0.0994. The number of ketones is 1. The number of fused-ring (bicyclic) bond motifs is 2. The van der Waals surface area contributed by atoms with E-state index in [9.17, 15) is 4.79 Å². The van der Waals surface area contributed by atoms with Crippen LogP contribution in [0.5, 0.6) is 0 Å². The summed E-state index contributed by atoms with van der Waals surface area (Å²) >= 11 is 0. The molecule has 1 aromatic carbocycles. The number of Topliss-reactive ketones (excluding diaryl/α,β-unsaturated/α-hetero) is 1. The Bertz CT molecular complexity index is 576. The van der Waals surface area contributed by atoms with E-state index in [4.69, 9.17) is 4.74 Å². The van der Waals surface area contributed by atoms with Gasteiger partial charge < -0.3 is 4.74 Å². The van der Waals surface area contributed by atoms with Gasteiger partial charge in [-0.25, -0.2) is 0 Å². The molecule has 2 aliphatic rings. The number of carbonyl (C=O) groups is 1. The lowest BCUT2D eigenvalue weighted by atomic mass is 9.84. The molecule has 17 heavy (non-hydrogen) atoms. The molecule has 2 nitrogen and oxygen atoms in total. The number of hydrogen-bond acceptors (Lipinski definition) is 2. The molecule has 1 heterocycles. The third-order valence-electron chi connectivity index (χ3n) is 3.31. The second kappa shape index (κ2) is 3.10. The van der Waals surface area contributed by atoms with E-state index >= 15 is 0 Å². The molecule has 0 saturated heterocycles. The van der Waals surface area contributed by atoms with Crippen molar-refractivity contribution in [2.24, 2.45) is 0 Å². The summed E-state index contributed by atoms with van der Waals surface area (Å²) < 4.78 is 5.96. The van der Waals surface area contributed by atoms with Gasteiger partial charge in [-0.15, -0.1) is 0 Å². The highest BCUT2D eigenvalue weighted by atomic mass is 16.5. The highest BCUT2D eigenvalue weighted by Gasteiger charge is 2.39. The first-order chi connectivity index (χ1) is 7.99. The van der Waals surface area contributed by atoms with E-state index in [2.05, 4.69) is 6.58 Å². The minimum Gasteiger partial charge on any atom is -0.487 e. The molecule has 0 amide bonds. The molecule has 2 heteroatoms. The second-order valence-corrected chi connectivity index (χ2v) is 5.20. The molecule has 1 aliphatic heterocycles. The Morgan fingerprint density at radius 1 is 1.24 bits per heavy atom. The molecular weight excluding hydrogens is 212 g/mol. The lowest BCUT2D eigenvalue weighted by Crippen LogP contribution is -2.17. The van der Waals surface area contributed by atoms with Gasteiger partial charge in [-0.1, -0.05) is 30.8 Å². The summed E-state index contributed by atoms with van der Waals surface area (Å²) in [7, 11) is 0. The molecular formula is C15H14O2. The summed E-state index contributed by atoms with van der Waals surface area (Å²) in [5.74, 6) is 0.871. The fraction of sp³-hybridized carbons (Fsp3) is 0.267. The molecule has 0 saturated carbocycles. The summed E-state index contributed by atoms with van der Waals surface area (Å²) in [4.78, 5) is 12.2. The van der Waals surface area contributed by atoms with Crippen LogP contribution in [0.25, 0.3) is 5.76 Å². The van der Waals surface area contributed by atoms with Gasteiger partial charge in [-0.05, 0) is 13.8 Å². The zero-order valence-electron chi connectivity index (χ0n) is 10.0. The molecule has 0 aromatic heterocycles. The molecule has 0 bridgehead atoms. The van der Waals surface area contributed by atoms with Crippen molar-refractivity contribution in [1.82, 2.24) is 0 Å². The maximum Gasteiger partial charge on any atom is 0.193 e. The maximum absolute atomic E-state index is 12.2. The molecule has 86 valence electrons. The Morgan fingerprint density at radius 3 is 2.59 bits per heavy atom. The van der Waals surface area contributed by atoms with Gasteiger partial charge in [0.1, 0.15) is 11.4 Å².